The molecule has 0 aromatic carbocycles. The number of allylic oxidation sites excluding steroid dienone is 2. The molecule has 0 fully saturated rings. The molecule has 0 rings (SSSR count). The van der Waals surface area contributed by atoms with Crippen LogP contribution in [0.4, 0.5) is 0 Å². The fourth-order valence-corrected chi connectivity index (χ4v) is 0.991. The largest absolute Gasteiger partial charge is 0.504 e. The van der Waals surface area contributed by atoms with Gasteiger partial charge in [0.05, 0.1) is 11.0 Å². The molecule has 0 spiro atoms. The molecule has 0 amide bonds. The zero-order valence-corrected chi connectivity index (χ0v) is 8.86. The van der Waals surface area contributed by atoms with Crippen LogP contribution in [0.5, 0.6) is 0 Å². The second-order valence-electron chi connectivity index (χ2n) is 3.16. The lowest BCUT2D eigenvalue weighted by Gasteiger charge is -2.03. The van der Waals surface area contributed by atoms with E-state index in [1.165, 1.54) is 0 Å². The molecule has 0 bridgehead atoms. The van der Waals surface area contributed by atoms with Gasteiger partial charge in [0, 0.05) is 0 Å². The van der Waals surface area contributed by atoms with Crippen molar-refractivity contribution in [1.82, 2.24) is 0 Å². The summed E-state index contributed by atoms with van der Waals surface area (Å²) in [4.78, 5) is 9.47. The summed E-state index contributed by atoms with van der Waals surface area (Å²) in [5.74, 6) is -0.845. The van der Waals surface area contributed by atoms with Crippen molar-refractivity contribution in [3.8, 4) is 0 Å². The topological polar surface area (TPSA) is 83.6 Å². The van der Waals surface area contributed by atoms with Crippen LogP contribution >= 0.6 is 0 Å². The first-order valence-corrected chi connectivity index (χ1v) is 4.53. The SMILES string of the molecule is C=C(/C=C(O)\C(O)=C(/C)CCC)[N+](=O)[O-]. The van der Waals surface area contributed by atoms with Gasteiger partial charge in [-0.1, -0.05) is 13.3 Å². The highest BCUT2D eigenvalue weighted by Crippen LogP contribution is 2.15. The second kappa shape index (κ2) is 5.85. The Kier molecular flexibility index (Phi) is 5.15. The van der Waals surface area contributed by atoms with Gasteiger partial charge < -0.3 is 10.2 Å². The van der Waals surface area contributed by atoms with Crippen LogP contribution in [0.1, 0.15) is 26.7 Å². The Morgan fingerprint density at radius 2 is 2.07 bits per heavy atom. The molecule has 0 aromatic heterocycles. The van der Waals surface area contributed by atoms with E-state index in [1.807, 2.05) is 6.92 Å². The highest BCUT2D eigenvalue weighted by atomic mass is 16.6. The summed E-state index contributed by atoms with van der Waals surface area (Å²) in [6.45, 7) is 6.69. The predicted molar refractivity (Wildman–Crippen MR) is 57.1 cm³/mol. The van der Waals surface area contributed by atoms with Crippen molar-refractivity contribution in [1.29, 1.82) is 0 Å². The summed E-state index contributed by atoms with van der Waals surface area (Å²) in [7, 11) is 0. The van der Waals surface area contributed by atoms with E-state index in [2.05, 4.69) is 6.58 Å². The van der Waals surface area contributed by atoms with E-state index < -0.39 is 16.4 Å². The Hall–Kier alpha value is -1.78. The smallest absolute Gasteiger partial charge is 0.266 e. The second-order valence-corrected chi connectivity index (χ2v) is 3.16. The van der Waals surface area contributed by atoms with Gasteiger partial charge in [0.25, 0.3) is 5.70 Å². The lowest BCUT2D eigenvalue weighted by Crippen LogP contribution is -1.98. The number of nitro groups is 1. The summed E-state index contributed by atoms with van der Waals surface area (Å²) in [5, 5.41) is 29.0. The van der Waals surface area contributed by atoms with Gasteiger partial charge >= 0.3 is 0 Å². The average molecular weight is 213 g/mol. The monoisotopic (exact) mass is 213 g/mol. The normalized spacial score (nSPS) is 13.3. The summed E-state index contributed by atoms with van der Waals surface area (Å²) < 4.78 is 0. The number of aliphatic hydroxyl groups is 2. The fourth-order valence-electron chi connectivity index (χ4n) is 0.991. The lowest BCUT2D eigenvalue weighted by molar-refractivity contribution is -0.418. The molecule has 84 valence electrons. The minimum absolute atomic E-state index is 0.320. The van der Waals surface area contributed by atoms with Crippen LogP contribution in [0.25, 0.3) is 0 Å². The van der Waals surface area contributed by atoms with Gasteiger partial charge in [0.2, 0.25) is 0 Å². The van der Waals surface area contributed by atoms with E-state index in [1.54, 1.807) is 6.92 Å². The van der Waals surface area contributed by atoms with Crippen molar-refractivity contribution in [2.24, 2.45) is 0 Å². The summed E-state index contributed by atoms with van der Waals surface area (Å²) in [5.41, 5.74) is 0.116. The van der Waals surface area contributed by atoms with Gasteiger partial charge in [-0.15, -0.1) is 0 Å². The van der Waals surface area contributed by atoms with Crippen molar-refractivity contribution in [3.63, 3.8) is 0 Å². The molecule has 0 atom stereocenters. The zero-order valence-electron chi connectivity index (χ0n) is 8.86. The maximum absolute atomic E-state index is 10.2. The van der Waals surface area contributed by atoms with Crippen LogP contribution in [0, 0.1) is 10.1 Å². The van der Waals surface area contributed by atoms with Gasteiger partial charge in [-0.2, -0.15) is 0 Å². The first kappa shape index (κ1) is 13.2. The number of hydrogen-bond acceptors (Lipinski definition) is 4. The van der Waals surface area contributed by atoms with E-state index in [0.29, 0.717) is 12.0 Å². The van der Waals surface area contributed by atoms with Crippen molar-refractivity contribution >= 4 is 0 Å². The van der Waals surface area contributed by atoms with Crippen molar-refractivity contribution in [2.75, 3.05) is 0 Å². The first-order valence-electron chi connectivity index (χ1n) is 4.53. The van der Waals surface area contributed by atoms with E-state index in [4.69, 9.17) is 0 Å². The number of aliphatic hydroxyl groups excluding tert-OH is 2. The van der Waals surface area contributed by atoms with Gasteiger partial charge in [-0.25, -0.2) is 0 Å². The molecule has 0 radical (unpaired) electrons. The molecule has 0 saturated carbocycles. The third-order valence-corrected chi connectivity index (χ3v) is 1.81. The molecular weight excluding hydrogens is 198 g/mol. The maximum atomic E-state index is 10.2. The molecule has 0 saturated heterocycles. The van der Waals surface area contributed by atoms with Crippen LogP contribution in [0.3, 0.4) is 0 Å². The zero-order chi connectivity index (χ0) is 12.0. The maximum Gasteiger partial charge on any atom is 0.266 e. The van der Waals surface area contributed by atoms with E-state index >= 15 is 0 Å². The van der Waals surface area contributed by atoms with Crippen LogP contribution in [0.2, 0.25) is 0 Å². The molecule has 5 heteroatoms. The Balaban J connectivity index is 4.85. The standard InChI is InChI=1S/C10H15NO4/c1-4-5-7(2)10(13)9(12)6-8(3)11(14)15/h6,12-13H,3-5H2,1-2H3/b9-6+,10-7-. The average Bonchev–Trinajstić information content (AvgIpc) is 2.16. The van der Waals surface area contributed by atoms with E-state index in [0.717, 1.165) is 12.5 Å². The van der Waals surface area contributed by atoms with Crippen molar-refractivity contribution in [2.45, 2.75) is 26.7 Å². The quantitative estimate of drug-likeness (QED) is 0.318. The first-order chi connectivity index (χ1) is 6.90. The molecule has 0 aliphatic heterocycles. The summed E-state index contributed by atoms with van der Waals surface area (Å²) in [6.07, 6.45) is 2.27. The Morgan fingerprint density at radius 1 is 1.53 bits per heavy atom. The van der Waals surface area contributed by atoms with Gasteiger partial charge in [0.15, 0.2) is 11.5 Å². The third kappa shape index (κ3) is 4.30. The molecular formula is C10H15NO4. The van der Waals surface area contributed by atoms with Crippen LogP contribution in [0.15, 0.2) is 35.4 Å². The molecule has 0 aromatic rings. The molecule has 0 aliphatic carbocycles. The molecule has 5 nitrogen and oxygen atoms in total. The summed E-state index contributed by atoms with van der Waals surface area (Å²) in [6, 6.07) is 0. The highest BCUT2D eigenvalue weighted by Gasteiger charge is 2.10. The number of nitrogens with zero attached hydrogens (tertiary/aromatic N) is 1. The number of rotatable bonds is 5. The Morgan fingerprint density at radius 3 is 2.47 bits per heavy atom. The Labute approximate surface area is 88.2 Å². The molecule has 15 heavy (non-hydrogen) atoms. The lowest BCUT2D eigenvalue weighted by atomic mass is 10.1. The van der Waals surface area contributed by atoms with E-state index in [9.17, 15) is 20.3 Å². The molecule has 0 aliphatic rings. The Bertz CT molecular complexity index is 328. The van der Waals surface area contributed by atoms with Crippen LogP contribution in [-0.2, 0) is 0 Å². The minimum atomic E-state index is -0.737. The minimum Gasteiger partial charge on any atom is -0.504 e. The number of hydrogen-bond donors (Lipinski definition) is 2. The molecule has 2 N–H and O–H groups in total. The fraction of sp³-hybridized carbons (Fsp3) is 0.400. The van der Waals surface area contributed by atoms with E-state index in [-0.39, 0.29) is 5.76 Å². The van der Waals surface area contributed by atoms with Crippen LogP contribution < -0.4 is 0 Å². The van der Waals surface area contributed by atoms with Crippen molar-refractivity contribution < 1.29 is 15.1 Å². The molecule has 0 heterocycles. The van der Waals surface area contributed by atoms with Crippen molar-refractivity contribution in [3.05, 3.63) is 45.6 Å². The van der Waals surface area contributed by atoms with Gasteiger partial charge in [-0.3, -0.25) is 10.1 Å². The summed E-state index contributed by atoms with van der Waals surface area (Å²) >= 11 is 0. The molecule has 0 unspecified atom stereocenters. The third-order valence-electron chi connectivity index (χ3n) is 1.81. The van der Waals surface area contributed by atoms with Crippen LogP contribution in [-0.4, -0.2) is 15.1 Å². The highest BCUT2D eigenvalue weighted by molar-refractivity contribution is 5.27. The predicted octanol–water partition coefficient (Wildman–Crippen LogP) is 2.85. The van der Waals surface area contributed by atoms with Gasteiger partial charge in [-0.05, 0) is 25.5 Å². The van der Waals surface area contributed by atoms with Gasteiger partial charge in [0.1, 0.15) is 0 Å².